The highest BCUT2D eigenvalue weighted by Crippen LogP contribution is 2.31. The van der Waals surface area contributed by atoms with Crippen molar-refractivity contribution in [1.82, 2.24) is 14.8 Å². The molecule has 33 heavy (non-hydrogen) atoms. The number of nitrogens with zero attached hydrogens (tertiary/aromatic N) is 2. The van der Waals surface area contributed by atoms with Gasteiger partial charge in [-0.15, -0.1) is 0 Å². The molecule has 2 aliphatic rings. The molecule has 3 heterocycles. The first kappa shape index (κ1) is 22.5. The van der Waals surface area contributed by atoms with E-state index in [9.17, 15) is 32.8 Å². The summed E-state index contributed by atoms with van der Waals surface area (Å²) in [6, 6.07) is 6.04. The number of piperidine rings is 1. The van der Waals surface area contributed by atoms with Crippen molar-refractivity contribution in [1.29, 1.82) is 0 Å². The minimum absolute atomic E-state index is 0.0417. The molecule has 0 saturated carbocycles. The van der Waals surface area contributed by atoms with E-state index >= 15 is 0 Å². The highest BCUT2D eigenvalue weighted by Gasteiger charge is 2.41. The number of fused-ring (bicyclic) bond motifs is 1. The van der Waals surface area contributed by atoms with E-state index < -0.39 is 41.2 Å². The predicted octanol–water partition coefficient (Wildman–Crippen LogP) is 1.44. The highest BCUT2D eigenvalue weighted by molar-refractivity contribution is 6.05. The number of ketones is 1. The molecule has 10 heteroatoms. The summed E-state index contributed by atoms with van der Waals surface area (Å²) in [5.74, 6) is -6.23. The molecule has 1 aromatic heterocycles. The normalized spacial score (nSPS) is 18.3. The van der Waals surface area contributed by atoms with Crippen molar-refractivity contribution >= 4 is 23.5 Å². The number of nitrogens with one attached hydrogen (secondary N) is 1. The zero-order chi connectivity index (χ0) is 23.9. The summed E-state index contributed by atoms with van der Waals surface area (Å²) in [5, 5.41) is 2.23. The smallest absolute Gasteiger partial charge is 0.322 e. The second-order valence-electron chi connectivity index (χ2n) is 8.26. The van der Waals surface area contributed by atoms with E-state index in [1.54, 1.807) is 18.2 Å². The Morgan fingerprint density at radius 1 is 1.15 bits per heavy atom. The van der Waals surface area contributed by atoms with Crippen LogP contribution >= 0.6 is 0 Å². The monoisotopic (exact) mass is 457 g/mol. The maximum atomic E-state index is 14.6. The molecule has 0 spiro atoms. The van der Waals surface area contributed by atoms with Gasteiger partial charge in [-0.3, -0.25) is 29.3 Å². The maximum Gasteiger partial charge on any atom is 0.331 e. The number of carbonyl (C=O) groups excluding carboxylic acids is 4. The Labute approximate surface area is 187 Å². The number of aryl methyl sites for hydroxylation is 2. The van der Waals surface area contributed by atoms with Crippen molar-refractivity contribution in [2.75, 3.05) is 0 Å². The number of imide groups is 1. The quantitative estimate of drug-likeness (QED) is 0.661. The van der Waals surface area contributed by atoms with Crippen LogP contribution in [0.25, 0.3) is 0 Å². The van der Waals surface area contributed by atoms with Crippen LogP contribution in [0.3, 0.4) is 0 Å². The molecule has 1 unspecified atom stereocenters. The topological polar surface area (TPSA) is 106 Å². The SMILES string of the molecule is Cn1cc(C(F)(F)C(=O)CCc2ccc3c(c2)CN(C2CCC(=O)NC2=O)C3=O)ccc1=O. The van der Waals surface area contributed by atoms with Crippen LogP contribution in [0.1, 0.15) is 46.3 Å². The van der Waals surface area contributed by atoms with Crippen molar-refractivity contribution in [3.8, 4) is 0 Å². The van der Waals surface area contributed by atoms with E-state index in [2.05, 4.69) is 5.32 Å². The van der Waals surface area contributed by atoms with Gasteiger partial charge in [0.25, 0.3) is 5.91 Å². The van der Waals surface area contributed by atoms with Gasteiger partial charge in [0, 0.05) is 49.8 Å². The fraction of sp³-hybridized carbons (Fsp3) is 0.348. The fourth-order valence-corrected chi connectivity index (χ4v) is 4.14. The van der Waals surface area contributed by atoms with Crippen molar-refractivity contribution in [2.45, 2.75) is 44.2 Å². The number of pyridine rings is 1. The zero-order valence-corrected chi connectivity index (χ0v) is 17.8. The van der Waals surface area contributed by atoms with Gasteiger partial charge < -0.3 is 9.47 Å². The van der Waals surface area contributed by atoms with Gasteiger partial charge >= 0.3 is 5.92 Å². The molecule has 3 amide bonds. The Kier molecular flexibility index (Phi) is 5.69. The lowest BCUT2D eigenvalue weighted by molar-refractivity contribution is -0.144. The number of alkyl halides is 2. The molecule has 1 atom stereocenters. The van der Waals surface area contributed by atoms with Crippen molar-refractivity contribution in [3.05, 3.63) is 69.1 Å². The number of halogens is 2. The fourth-order valence-electron chi connectivity index (χ4n) is 4.14. The molecule has 1 saturated heterocycles. The van der Waals surface area contributed by atoms with Crippen molar-refractivity contribution in [2.24, 2.45) is 7.05 Å². The number of rotatable bonds is 6. The van der Waals surface area contributed by atoms with Crippen LogP contribution in [-0.2, 0) is 40.3 Å². The minimum atomic E-state index is -3.74. The van der Waals surface area contributed by atoms with Crippen LogP contribution in [0.2, 0.25) is 0 Å². The highest BCUT2D eigenvalue weighted by atomic mass is 19.3. The predicted molar refractivity (Wildman–Crippen MR) is 111 cm³/mol. The van der Waals surface area contributed by atoms with E-state index in [1.807, 2.05) is 0 Å². The number of hydrogen-bond donors (Lipinski definition) is 1. The summed E-state index contributed by atoms with van der Waals surface area (Å²) >= 11 is 0. The van der Waals surface area contributed by atoms with Gasteiger partial charge in [-0.05, 0) is 36.1 Å². The van der Waals surface area contributed by atoms with Gasteiger partial charge in [0.2, 0.25) is 23.2 Å². The molecule has 0 radical (unpaired) electrons. The molecule has 2 aliphatic heterocycles. The summed E-state index contributed by atoms with van der Waals surface area (Å²) in [7, 11) is 1.33. The summed E-state index contributed by atoms with van der Waals surface area (Å²) < 4.78 is 30.1. The number of amides is 3. The van der Waals surface area contributed by atoms with Crippen LogP contribution in [0.4, 0.5) is 8.78 Å². The third-order valence-corrected chi connectivity index (χ3v) is 6.03. The number of aromatic nitrogens is 1. The number of Topliss-reactive ketones (excluding diaryl/α,β-unsaturated/α-hetero) is 1. The Morgan fingerprint density at radius 2 is 1.91 bits per heavy atom. The van der Waals surface area contributed by atoms with Crippen LogP contribution in [0.15, 0.2) is 41.3 Å². The van der Waals surface area contributed by atoms with Crippen molar-refractivity contribution in [3.63, 3.8) is 0 Å². The third-order valence-electron chi connectivity index (χ3n) is 6.03. The zero-order valence-electron chi connectivity index (χ0n) is 17.8. The summed E-state index contributed by atoms with van der Waals surface area (Å²) in [6.07, 6.45) is 0.948. The molecule has 0 aliphatic carbocycles. The van der Waals surface area contributed by atoms with Gasteiger partial charge in [-0.2, -0.15) is 8.78 Å². The molecule has 4 rings (SSSR count). The standard InChI is InChI=1S/C23H21F2N3O5/c1-27-12-15(4-9-20(27)31)23(24,25)18(29)7-3-13-2-5-16-14(10-13)11-28(22(16)33)17-6-8-19(30)26-21(17)32/h2,4-5,9-10,12,17H,3,6-8,11H2,1H3,(H,26,30,32). The number of hydrogen-bond acceptors (Lipinski definition) is 5. The third kappa shape index (κ3) is 4.20. The van der Waals surface area contributed by atoms with E-state index in [1.165, 1.54) is 11.9 Å². The average molecular weight is 457 g/mol. The second kappa shape index (κ2) is 8.34. The summed E-state index contributed by atoms with van der Waals surface area (Å²) in [5.41, 5.74) is 0.649. The van der Waals surface area contributed by atoms with Gasteiger partial charge in [0.15, 0.2) is 0 Å². The van der Waals surface area contributed by atoms with Gasteiger partial charge in [0.05, 0.1) is 0 Å². The molecule has 172 valence electrons. The lowest BCUT2D eigenvalue weighted by Crippen LogP contribution is -2.52. The average Bonchev–Trinajstić information content (AvgIpc) is 3.09. The number of carbonyl (C=O) groups is 4. The molecule has 0 bridgehead atoms. The van der Waals surface area contributed by atoms with Gasteiger partial charge in [-0.1, -0.05) is 12.1 Å². The molecule has 1 aromatic carbocycles. The largest absolute Gasteiger partial charge is 0.331 e. The first-order chi connectivity index (χ1) is 15.6. The Balaban J connectivity index is 1.44. The second-order valence-corrected chi connectivity index (χ2v) is 8.26. The molecular formula is C23H21F2N3O5. The Morgan fingerprint density at radius 3 is 2.61 bits per heavy atom. The minimum Gasteiger partial charge on any atom is -0.322 e. The maximum absolute atomic E-state index is 14.6. The van der Waals surface area contributed by atoms with Crippen LogP contribution < -0.4 is 10.9 Å². The van der Waals surface area contributed by atoms with Gasteiger partial charge in [-0.25, -0.2) is 0 Å². The lowest BCUT2D eigenvalue weighted by atomic mass is 9.98. The Bertz CT molecular complexity index is 1240. The first-order valence-electron chi connectivity index (χ1n) is 10.4. The molecule has 8 nitrogen and oxygen atoms in total. The molecular weight excluding hydrogens is 436 g/mol. The van der Waals surface area contributed by atoms with E-state index in [0.717, 1.165) is 22.9 Å². The van der Waals surface area contributed by atoms with Gasteiger partial charge in [0.1, 0.15) is 6.04 Å². The van der Waals surface area contributed by atoms with Crippen LogP contribution in [0, 0.1) is 0 Å². The van der Waals surface area contributed by atoms with Crippen molar-refractivity contribution < 1.29 is 28.0 Å². The first-order valence-corrected chi connectivity index (χ1v) is 10.4. The summed E-state index contributed by atoms with van der Waals surface area (Å²) in [4.78, 5) is 61.3. The molecule has 1 N–H and O–H groups in total. The summed E-state index contributed by atoms with van der Waals surface area (Å²) in [6.45, 7) is 0.163. The molecule has 1 fully saturated rings. The van der Waals surface area contributed by atoms with Crippen LogP contribution in [0.5, 0.6) is 0 Å². The van der Waals surface area contributed by atoms with Crippen LogP contribution in [-0.4, -0.2) is 39.0 Å². The lowest BCUT2D eigenvalue weighted by Gasteiger charge is -2.29. The van der Waals surface area contributed by atoms with E-state index in [0.29, 0.717) is 16.7 Å². The van der Waals surface area contributed by atoms with E-state index in [-0.39, 0.29) is 37.6 Å². The van der Waals surface area contributed by atoms with E-state index in [4.69, 9.17) is 0 Å². The Hall–Kier alpha value is -3.69. The number of benzene rings is 1. The molecule has 2 aromatic rings.